The van der Waals surface area contributed by atoms with E-state index in [-0.39, 0.29) is 29.7 Å². The van der Waals surface area contributed by atoms with E-state index in [0.717, 1.165) is 18.2 Å². The zero-order chi connectivity index (χ0) is 19.7. The number of nitriles is 1. The number of aromatic nitrogens is 2. The van der Waals surface area contributed by atoms with Gasteiger partial charge in [0.25, 0.3) is 5.56 Å². The van der Waals surface area contributed by atoms with Gasteiger partial charge in [0, 0.05) is 30.2 Å². The second kappa shape index (κ2) is 7.50. The van der Waals surface area contributed by atoms with Crippen LogP contribution in [0.1, 0.15) is 38.1 Å². The normalized spacial score (nSPS) is 21.1. The first-order valence-electron chi connectivity index (χ1n) is 9.72. The van der Waals surface area contributed by atoms with Gasteiger partial charge in [0.15, 0.2) is 0 Å². The Labute approximate surface area is 161 Å². The van der Waals surface area contributed by atoms with Crippen molar-refractivity contribution in [2.24, 2.45) is 11.8 Å². The third kappa shape index (κ3) is 3.65. The molecule has 3 heterocycles. The molecule has 3 N–H and O–H groups in total. The molecule has 2 amide bonds. The van der Waals surface area contributed by atoms with Crippen LogP contribution in [-0.4, -0.2) is 34.0 Å². The molecule has 0 bridgehead atoms. The van der Waals surface area contributed by atoms with Crippen molar-refractivity contribution in [3.63, 3.8) is 0 Å². The Bertz CT molecular complexity index is 997. The fourth-order valence-electron chi connectivity index (χ4n) is 3.89. The molecule has 8 heteroatoms. The number of H-pyrrole nitrogens is 1. The van der Waals surface area contributed by atoms with E-state index in [1.165, 1.54) is 4.57 Å². The van der Waals surface area contributed by atoms with Crippen LogP contribution in [0.3, 0.4) is 0 Å². The highest BCUT2D eigenvalue weighted by Crippen LogP contribution is 2.36. The van der Waals surface area contributed by atoms with Crippen molar-refractivity contribution in [2.45, 2.75) is 44.2 Å². The molecule has 0 spiro atoms. The second-order valence-electron chi connectivity index (χ2n) is 7.73. The highest BCUT2D eigenvalue weighted by atomic mass is 16.2. The largest absolute Gasteiger partial charge is 0.357 e. The Morgan fingerprint density at radius 2 is 2.11 bits per heavy atom. The van der Waals surface area contributed by atoms with Crippen molar-refractivity contribution in [1.29, 1.82) is 5.26 Å². The van der Waals surface area contributed by atoms with Crippen LogP contribution in [0.25, 0.3) is 10.9 Å². The van der Waals surface area contributed by atoms with Gasteiger partial charge in [0.2, 0.25) is 11.8 Å². The highest BCUT2D eigenvalue weighted by Gasteiger charge is 2.33. The van der Waals surface area contributed by atoms with Crippen LogP contribution < -0.4 is 16.2 Å². The van der Waals surface area contributed by atoms with E-state index in [0.29, 0.717) is 30.8 Å². The number of pyridine rings is 1. The molecule has 0 unspecified atom stereocenters. The minimum atomic E-state index is -0.757. The highest BCUT2D eigenvalue weighted by molar-refractivity contribution is 5.83. The van der Waals surface area contributed by atoms with Crippen LogP contribution in [-0.2, 0) is 9.59 Å². The summed E-state index contributed by atoms with van der Waals surface area (Å²) in [5.41, 5.74) is 0.225. The third-order valence-corrected chi connectivity index (χ3v) is 5.69. The van der Waals surface area contributed by atoms with Gasteiger partial charge in [0.1, 0.15) is 17.6 Å². The maximum absolute atomic E-state index is 13.0. The van der Waals surface area contributed by atoms with Crippen LogP contribution in [0.4, 0.5) is 0 Å². The summed E-state index contributed by atoms with van der Waals surface area (Å²) in [6.07, 6.45) is 6.97. The number of nitrogens with one attached hydrogen (secondary N) is 3. The molecule has 1 saturated heterocycles. The van der Waals surface area contributed by atoms with Crippen LogP contribution in [0, 0.1) is 23.2 Å². The summed E-state index contributed by atoms with van der Waals surface area (Å²) in [5, 5.41) is 15.8. The standard InChI is InChI=1S/C20H23N5O3/c21-11-15(10-14-4-7-23-18(14)26)24-19(27)16(9-12-1-2-12)25-8-5-13-3-6-22-17(13)20(25)28/h3,5-6,8,12,14-16,22H,1-2,4,7,9-10H2,(H,23,26)(H,24,27)/t14-,15-,16-/m0/s1. The molecule has 1 aliphatic heterocycles. The van der Waals surface area contributed by atoms with Gasteiger partial charge in [-0.15, -0.1) is 0 Å². The van der Waals surface area contributed by atoms with E-state index in [1.807, 2.05) is 12.1 Å². The Morgan fingerprint density at radius 1 is 1.29 bits per heavy atom. The van der Waals surface area contributed by atoms with E-state index < -0.39 is 12.1 Å². The molecule has 1 aliphatic carbocycles. The minimum absolute atomic E-state index is 0.0718. The summed E-state index contributed by atoms with van der Waals surface area (Å²) in [5.74, 6) is -0.254. The maximum Gasteiger partial charge on any atom is 0.275 e. The van der Waals surface area contributed by atoms with Crippen molar-refractivity contribution in [2.75, 3.05) is 6.54 Å². The minimum Gasteiger partial charge on any atom is -0.357 e. The van der Waals surface area contributed by atoms with Crippen LogP contribution in [0.15, 0.2) is 29.3 Å². The number of carbonyl (C=O) groups excluding carboxylic acids is 2. The summed E-state index contributed by atoms with van der Waals surface area (Å²) >= 11 is 0. The summed E-state index contributed by atoms with van der Waals surface area (Å²) in [6, 6.07) is 4.29. The first-order valence-corrected chi connectivity index (χ1v) is 9.72. The van der Waals surface area contributed by atoms with Gasteiger partial charge in [-0.3, -0.25) is 14.4 Å². The van der Waals surface area contributed by atoms with E-state index >= 15 is 0 Å². The summed E-state index contributed by atoms with van der Waals surface area (Å²) < 4.78 is 1.46. The summed E-state index contributed by atoms with van der Waals surface area (Å²) in [7, 11) is 0. The number of rotatable bonds is 7. The number of amides is 2. The number of fused-ring (bicyclic) bond motifs is 1. The topological polar surface area (TPSA) is 120 Å². The molecule has 2 aromatic rings. The van der Waals surface area contributed by atoms with Crippen LogP contribution >= 0.6 is 0 Å². The van der Waals surface area contributed by atoms with Crippen molar-refractivity contribution >= 4 is 22.7 Å². The predicted octanol–water partition coefficient (Wildman–Crippen LogP) is 1.21. The zero-order valence-electron chi connectivity index (χ0n) is 15.5. The predicted molar refractivity (Wildman–Crippen MR) is 102 cm³/mol. The Hall–Kier alpha value is -3.08. The number of hydrogen-bond donors (Lipinski definition) is 3. The summed E-state index contributed by atoms with van der Waals surface area (Å²) in [6.45, 7) is 0.603. The first-order chi connectivity index (χ1) is 13.6. The molecule has 0 aromatic carbocycles. The molecular formula is C20H23N5O3. The van der Waals surface area contributed by atoms with E-state index in [1.54, 1.807) is 12.4 Å². The molecule has 2 aromatic heterocycles. The fraction of sp³-hybridized carbons (Fsp3) is 0.500. The van der Waals surface area contributed by atoms with Crippen molar-refractivity contribution in [3.05, 3.63) is 34.9 Å². The van der Waals surface area contributed by atoms with Crippen molar-refractivity contribution in [1.82, 2.24) is 20.2 Å². The van der Waals surface area contributed by atoms with Gasteiger partial charge in [0.05, 0.1) is 6.07 Å². The smallest absolute Gasteiger partial charge is 0.275 e. The van der Waals surface area contributed by atoms with Gasteiger partial charge in [-0.05, 0) is 37.3 Å². The van der Waals surface area contributed by atoms with Gasteiger partial charge in [-0.1, -0.05) is 12.8 Å². The molecule has 4 rings (SSSR count). The number of aromatic amines is 1. The molecule has 0 radical (unpaired) electrons. The molecule has 3 atom stereocenters. The molecule has 2 aliphatic rings. The molecular weight excluding hydrogens is 358 g/mol. The lowest BCUT2D eigenvalue weighted by Crippen LogP contribution is -2.43. The van der Waals surface area contributed by atoms with Crippen LogP contribution in [0.5, 0.6) is 0 Å². The monoisotopic (exact) mass is 381 g/mol. The molecule has 2 fully saturated rings. The molecule has 28 heavy (non-hydrogen) atoms. The lowest BCUT2D eigenvalue weighted by atomic mass is 9.98. The third-order valence-electron chi connectivity index (χ3n) is 5.69. The molecule has 146 valence electrons. The van der Waals surface area contributed by atoms with Gasteiger partial charge in [-0.2, -0.15) is 5.26 Å². The lowest BCUT2D eigenvalue weighted by Gasteiger charge is -2.22. The van der Waals surface area contributed by atoms with Gasteiger partial charge < -0.3 is 20.2 Å². The SMILES string of the molecule is N#C[C@H](C[C@@H]1CCNC1=O)NC(=O)[C@H](CC1CC1)n1ccc2cc[nH]c2c1=O. The molecule has 8 nitrogen and oxygen atoms in total. The van der Waals surface area contributed by atoms with Crippen LogP contribution in [0.2, 0.25) is 0 Å². The average Bonchev–Trinajstić information content (AvgIpc) is 3.21. The quantitative estimate of drug-likeness (QED) is 0.667. The van der Waals surface area contributed by atoms with Gasteiger partial charge >= 0.3 is 0 Å². The summed E-state index contributed by atoms with van der Waals surface area (Å²) in [4.78, 5) is 40.6. The first kappa shape index (κ1) is 18.3. The average molecular weight is 381 g/mol. The van der Waals surface area contributed by atoms with Crippen molar-refractivity contribution < 1.29 is 9.59 Å². The second-order valence-corrected chi connectivity index (χ2v) is 7.73. The van der Waals surface area contributed by atoms with E-state index in [9.17, 15) is 19.6 Å². The van der Waals surface area contributed by atoms with Crippen molar-refractivity contribution in [3.8, 4) is 6.07 Å². The number of hydrogen-bond acceptors (Lipinski definition) is 4. The lowest BCUT2D eigenvalue weighted by molar-refractivity contribution is -0.126. The number of carbonyl (C=O) groups is 2. The number of nitrogens with zero attached hydrogens (tertiary/aromatic N) is 2. The maximum atomic E-state index is 13.0. The zero-order valence-corrected chi connectivity index (χ0v) is 15.5. The fourth-order valence-corrected chi connectivity index (χ4v) is 3.89. The van der Waals surface area contributed by atoms with E-state index in [4.69, 9.17) is 0 Å². The van der Waals surface area contributed by atoms with E-state index in [2.05, 4.69) is 21.7 Å². The Kier molecular flexibility index (Phi) is 4.90. The van der Waals surface area contributed by atoms with Gasteiger partial charge in [-0.25, -0.2) is 0 Å². The Balaban J connectivity index is 1.55. The Morgan fingerprint density at radius 3 is 2.79 bits per heavy atom. The molecule has 1 saturated carbocycles.